The highest BCUT2D eigenvalue weighted by Crippen LogP contribution is 2.37. The van der Waals surface area contributed by atoms with E-state index in [9.17, 15) is 4.79 Å². The predicted octanol–water partition coefficient (Wildman–Crippen LogP) is 5.97. The second-order valence-corrected chi connectivity index (χ2v) is 12.7. The normalized spacial score (nSPS) is 14.7. The lowest BCUT2D eigenvalue weighted by Gasteiger charge is -2.37. The first-order valence-electron chi connectivity index (χ1n) is 9.94. The van der Waals surface area contributed by atoms with E-state index < -0.39 is 8.32 Å². The van der Waals surface area contributed by atoms with E-state index >= 15 is 0 Å². The minimum atomic E-state index is -2.02. The van der Waals surface area contributed by atoms with Gasteiger partial charge in [0.15, 0.2) is 0 Å². The number of unbranched alkanes of at least 4 members (excludes halogenated alkanes) is 2. The molecule has 0 saturated heterocycles. The molecule has 2 radical (unpaired) electrons. The van der Waals surface area contributed by atoms with Crippen LogP contribution < -0.4 is 0 Å². The number of hydrogen-bond acceptors (Lipinski definition) is 3. The van der Waals surface area contributed by atoms with Gasteiger partial charge in [0.05, 0.1) is 5.92 Å². The zero-order valence-corrected chi connectivity index (χ0v) is 19.1. The van der Waals surface area contributed by atoms with Gasteiger partial charge < -0.3 is 8.85 Å². The summed E-state index contributed by atoms with van der Waals surface area (Å²) >= 11 is 0. The average Bonchev–Trinajstić information content (AvgIpc) is 2.55. The molecule has 0 aliphatic carbocycles. The van der Waals surface area contributed by atoms with Crippen molar-refractivity contribution in [1.29, 1.82) is 0 Å². The van der Waals surface area contributed by atoms with Crippen LogP contribution in [0.25, 0.3) is 0 Å². The summed E-state index contributed by atoms with van der Waals surface area (Å²) in [5.41, 5.74) is 0.543. The third-order valence-electron chi connectivity index (χ3n) is 4.83. The van der Waals surface area contributed by atoms with Crippen molar-refractivity contribution >= 4 is 24.0 Å². The Labute approximate surface area is 154 Å². The molecule has 0 N–H and O–H groups in total. The zero-order chi connectivity index (χ0) is 18.6. The van der Waals surface area contributed by atoms with Crippen molar-refractivity contribution in [3.05, 3.63) is 0 Å². The molecule has 24 heavy (non-hydrogen) atoms. The van der Waals surface area contributed by atoms with E-state index in [4.69, 9.17) is 8.85 Å². The fraction of sp³-hybridized carbons (Fsp3) is 0.947. The van der Waals surface area contributed by atoms with E-state index in [1.807, 2.05) is 20.8 Å². The van der Waals surface area contributed by atoms with Crippen molar-refractivity contribution in [2.75, 3.05) is 0 Å². The SMILES string of the molecule is CCCC[Si](CCCC)(OC(=O)C(C)C[Si]OC(C)C)C(C)CC. The van der Waals surface area contributed by atoms with E-state index in [1.165, 1.54) is 25.7 Å². The van der Waals surface area contributed by atoms with Crippen LogP contribution in [-0.2, 0) is 13.6 Å². The first-order chi connectivity index (χ1) is 11.3. The van der Waals surface area contributed by atoms with Gasteiger partial charge in [0, 0.05) is 6.10 Å². The summed E-state index contributed by atoms with van der Waals surface area (Å²) < 4.78 is 12.0. The van der Waals surface area contributed by atoms with Crippen molar-refractivity contribution in [1.82, 2.24) is 0 Å². The third-order valence-corrected chi connectivity index (χ3v) is 11.5. The van der Waals surface area contributed by atoms with Gasteiger partial charge in [0.1, 0.15) is 0 Å². The van der Waals surface area contributed by atoms with E-state index in [0.717, 1.165) is 24.6 Å². The molecule has 2 atom stereocenters. The summed E-state index contributed by atoms with van der Waals surface area (Å²) in [7, 11) is -1.63. The summed E-state index contributed by atoms with van der Waals surface area (Å²) in [5, 5.41) is 0. The first-order valence-corrected chi connectivity index (χ1v) is 13.5. The van der Waals surface area contributed by atoms with Crippen LogP contribution in [0, 0.1) is 5.92 Å². The molecule has 0 spiro atoms. The highest BCUT2D eigenvalue weighted by atomic mass is 28.4. The van der Waals surface area contributed by atoms with Crippen molar-refractivity contribution in [2.24, 2.45) is 5.92 Å². The van der Waals surface area contributed by atoms with Gasteiger partial charge in [-0.15, -0.1) is 0 Å². The molecule has 0 heterocycles. The van der Waals surface area contributed by atoms with Crippen LogP contribution in [-0.4, -0.2) is 30.2 Å². The second-order valence-electron chi connectivity index (χ2n) is 7.42. The second kappa shape index (κ2) is 13.1. The van der Waals surface area contributed by atoms with Crippen LogP contribution in [0.2, 0.25) is 23.7 Å². The largest absolute Gasteiger partial charge is 0.519 e. The topological polar surface area (TPSA) is 35.5 Å². The van der Waals surface area contributed by atoms with Crippen LogP contribution in [0.3, 0.4) is 0 Å². The van der Waals surface area contributed by atoms with Crippen LogP contribution in [0.5, 0.6) is 0 Å². The third kappa shape index (κ3) is 8.81. The van der Waals surface area contributed by atoms with Gasteiger partial charge in [0.2, 0.25) is 9.76 Å². The Bertz CT molecular complexity index is 327. The Balaban J connectivity index is 4.94. The molecule has 2 unspecified atom stereocenters. The first kappa shape index (κ1) is 23.9. The Morgan fingerprint density at radius 1 is 1.00 bits per heavy atom. The molecule has 0 aromatic carbocycles. The molecule has 0 amide bonds. The maximum atomic E-state index is 12.7. The molecule has 0 rings (SSSR count). The van der Waals surface area contributed by atoms with Crippen LogP contribution in [0.1, 0.15) is 80.6 Å². The molecule has 0 saturated carbocycles. The lowest BCUT2D eigenvalue weighted by atomic mass is 10.2. The summed E-state index contributed by atoms with van der Waals surface area (Å²) in [5.74, 6) is -0.0321. The van der Waals surface area contributed by atoms with E-state index in [2.05, 4.69) is 27.7 Å². The monoisotopic (exact) mass is 372 g/mol. The van der Waals surface area contributed by atoms with Gasteiger partial charge in [-0.05, 0) is 37.5 Å². The number of hydrogen-bond donors (Lipinski definition) is 0. The Hall–Kier alpha value is -0.136. The van der Waals surface area contributed by atoms with Crippen LogP contribution in [0.4, 0.5) is 0 Å². The number of carbonyl (C=O) groups excluding carboxylic acids is 1. The summed E-state index contributed by atoms with van der Waals surface area (Å²) in [6.07, 6.45) is 6.05. The summed E-state index contributed by atoms with van der Waals surface area (Å²) in [6, 6.07) is 3.03. The van der Waals surface area contributed by atoms with Gasteiger partial charge in [-0.2, -0.15) is 0 Å². The standard InChI is InChI=1S/C19H40O3Si2/c1-8-11-13-24(14-12-9-2,18(7)10-3)22-19(20)17(6)15-23-21-16(4)5/h16-18H,8-15H2,1-7H3. The number of rotatable bonds is 14. The summed E-state index contributed by atoms with van der Waals surface area (Å²) in [4.78, 5) is 12.7. The van der Waals surface area contributed by atoms with Crippen molar-refractivity contribution in [3.63, 3.8) is 0 Å². The minimum absolute atomic E-state index is 0.0222. The van der Waals surface area contributed by atoms with Gasteiger partial charge in [-0.1, -0.05) is 66.7 Å². The molecular formula is C19H40O3Si2. The fourth-order valence-corrected chi connectivity index (χ4v) is 8.61. The fourth-order valence-electron chi connectivity index (χ4n) is 2.87. The molecule has 0 fully saturated rings. The Kier molecular flexibility index (Phi) is 13.0. The lowest BCUT2D eigenvalue weighted by molar-refractivity contribution is -0.139. The predicted molar refractivity (Wildman–Crippen MR) is 107 cm³/mol. The minimum Gasteiger partial charge on any atom is -0.519 e. The van der Waals surface area contributed by atoms with E-state index in [0.29, 0.717) is 15.3 Å². The molecule has 0 aromatic rings. The Morgan fingerprint density at radius 2 is 1.54 bits per heavy atom. The van der Waals surface area contributed by atoms with Crippen LogP contribution in [0.15, 0.2) is 0 Å². The molecule has 3 nitrogen and oxygen atoms in total. The smallest absolute Gasteiger partial charge is 0.295 e. The van der Waals surface area contributed by atoms with Crippen molar-refractivity contribution < 1.29 is 13.6 Å². The van der Waals surface area contributed by atoms with Gasteiger partial charge in [0.25, 0.3) is 14.3 Å². The summed E-state index contributed by atoms with van der Waals surface area (Å²) in [6.45, 7) is 15.1. The highest BCUT2D eigenvalue weighted by Gasteiger charge is 2.42. The van der Waals surface area contributed by atoms with Gasteiger partial charge >= 0.3 is 0 Å². The van der Waals surface area contributed by atoms with E-state index in [1.54, 1.807) is 0 Å². The average molecular weight is 373 g/mol. The van der Waals surface area contributed by atoms with Gasteiger partial charge in [-0.3, -0.25) is 4.79 Å². The molecule has 0 aromatic heterocycles. The molecule has 5 heteroatoms. The van der Waals surface area contributed by atoms with Crippen molar-refractivity contribution in [2.45, 2.75) is 110 Å². The van der Waals surface area contributed by atoms with Crippen LogP contribution >= 0.6 is 0 Å². The highest BCUT2D eigenvalue weighted by molar-refractivity contribution is 6.76. The number of carbonyl (C=O) groups is 1. The molecule has 142 valence electrons. The van der Waals surface area contributed by atoms with E-state index in [-0.39, 0.29) is 18.0 Å². The van der Waals surface area contributed by atoms with Gasteiger partial charge in [-0.25, -0.2) is 0 Å². The lowest BCUT2D eigenvalue weighted by Crippen LogP contribution is -2.45. The molecule has 0 aliphatic rings. The maximum Gasteiger partial charge on any atom is 0.295 e. The zero-order valence-electron chi connectivity index (χ0n) is 17.1. The maximum absolute atomic E-state index is 12.7. The Morgan fingerprint density at radius 3 is 1.96 bits per heavy atom. The molecular weight excluding hydrogens is 332 g/mol. The molecule has 0 aliphatic heterocycles. The molecule has 0 bridgehead atoms. The quantitative estimate of drug-likeness (QED) is 0.352. The van der Waals surface area contributed by atoms with Crippen molar-refractivity contribution in [3.8, 4) is 0 Å².